The molecule has 2 aliphatic carbocycles. The molecule has 6 heterocycles. The average molecular weight is 823 g/mol. The Balaban J connectivity index is 0.000000179. The van der Waals surface area contributed by atoms with E-state index in [1.54, 1.807) is 33.2 Å². The highest BCUT2D eigenvalue weighted by Gasteiger charge is 2.55. The van der Waals surface area contributed by atoms with Crippen LogP contribution >= 0.6 is 0 Å². The Labute approximate surface area is 357 Å². The minimum absolute atomic E-state index is 0. The fourth-order valence-electron chi connectivity index (χ4n) is 8.44. The number of carbonyl (C=O) groups is 1. The molecule has 2 saturated heterocycles. The minimum atomic E-state index is -0.640. The molecule has 0 radical (unpaired) electrons. The predicted octanol–water partition coefficient (Wildman–Crippen LogP) is 6.44. The van der Waals surface area contributed by atoms with Crippen molar-refractivity contribution in [3.63, 3.8) is 0 Å². The van der Waals surface area contributed by atoms with Gasteiger partial charge in [-0.2, -0.15) is 0 Å². The molecule has 8 atom stereocenters. The Morgan fingerprint density at radius 3 is 1.56 bits per heavy atom. The fraction of sp³-hybridized carbons (Fsp3) is 0.396. The van der Waals surface area contributed by atoms with Crippen molar-refractivity contribution in [2.45, 2.75) is 60.9 Å². The minimum Gasteiger partial charge on any atom is -0.385 e. The maximum absolute atomic E-state index is 11.4. The molecule has 13 nitrogen and oxygen atoms in total. The number of benzene rings is 2. The number of imidazole rings is 2. The van der Waals surface area contributed by atoms with Crippen LogP contribution in [0.4, 0.5) is 0 Å². The molecule has 2 unspecified atom stereocenters. The number of likely N-dealkylation sites (tertiary alicyclic amines) is 1. The van der Waals surface area contributed by atoms with Gasteiger partial charge < -0.3 is 38.6 Å². The van der Waals surface area contributed by atoms with Gasteiger partial charge in [0, 0.05) is 91.0 Å². The van der Waals surface area contributed by atoms with Gasteiger partial charge in [-0.25, -0.2) is 9.97 Å². The summed E-state index contributed by atoms with van der Waals surface area (Å²) < 4.78 is 14.7. The van der Waals surface area contributed by atoms with E-state index < -0.39 is 12.2 Å². The summed E-state index contributed by atoms with van der Waals surface area (Å²) in [7, 11) is 0. The van der Waals surface area contributed by atoms with Crippen LogP contribution in [0.5, 0.6) is 0 Å². The molecule has 4 aliphatic rings. The summed E-state index contributed by atoms with van der Waals surface area (Å²) in [4.78, 5) is 21.7. The van der Waals surface area contributed by atoms with Crippen LogP contribution in [0.2, 0.25) is 0 Å². The van der Waals surface area contributed by atoms with E-state index in [1.807, 2.05) is 87.1 Å². The van der Waals surface area contributed by atoms with Gasteiger partial charge in [0.1, 0.15) is 35.2 Å². The zero-order valence-electron chi connectivity index (χ0n) is 33.2. The highest BCUT2D eigenvalue weighted by molar-refractivity contribution is 5.74. The number of aliphatic hydroxyl groups excluding tert-OH is 2. The highest BCUT2D eigenvalue weighted by Crippen LogP contribution is 2.51. The Bertz CT molecular complexity index is 2540. The maximum Gasteiger partial charge on any atom is 0.219 e. The molecule has 0 spiro atoms. The Kier molecular flexibility index (Phi) is 12.8. The monoisotopic (exact) mass is 822 g/mol. The number of piperidine rings is 2. The zero-order valence-corrected chi connectivity index (χ0v) is 33.2. The zero-order chi connectivity index (χ0) is 40.6. The summed E-state index contributed by atoms with van der Waals surface area (Å²) in [5.74, 6) is 19.8. The van der Waals surface area contributed by atoms with Crippen molar-refractivity contribution in [1.82, 2.24) is 39.6 Å². The van der Waals surface area contributed by atoms with E-state index in [4.69, 9.17) is 9.05 Å². The van der Waals surface area contributed by atoms with Crippen molar-refractivity contribution in [2.24, 2.45) is 35.5 Å². The van der Waals surface area contributed by atoms with Gasteiger partial charge in [-0.15, -0.1) is 0 Å². The molecule has 61 heavy (non-hydrogen) atoms. The van der Waals surface area contributed by atoms with Crippen LogP contribution in [0.1, 0.15) is 82.0 Å². The van der Waals surface area contributed by atoms with Crippen molar-refractivity contribution < 1.29 is 24.1 Å². The van der Waals surface area contributed by atoms with E-state index in [-0.39, 0.29) is 20.8 Å². The van der Waals surface area contributed by atoms with E-state index in [1.165, 1.54) is 0 Å². The van der Waals surface area contributed by atoms with Crippen LogP contribution in [-0.2, 0) is 17.9 Å². The molecule has 2 saturated carbocycles. The summed E-state index contributed by atoms with van der Waals surface area (Å²) in [6.07, 6.45) is 5.72. The SMILES string of the molecule is C.C.CC(=O)N1C[C@@H]2C(C#Cc3ccc(-c4cc(Cn5ccnc5[C@H](C)O)no4)cc3)[C@@H]2C1.C[C@H](O)c1nccn1Cc1cc(-c2ccc(C#CC3[C@H]4CNC[C@@H]34)cc2)on1. The second kappa shape index (κ2) is 18.2. The molecular weight excluding hydrogens is 769 g/mol. The first-order chi connectivity index (χ1) is 28.7. The van der Waals surface area contributed by atoms with Crippen LogP contribution in [0, 0.1) is 59.2 Å². The first kappa shape index (κ1) is 42.9. The lowest BCUT2D eigenvalue weighted by molar-refractivity contribution is -0.128. The number of hydrogen-bond acceptors (Lipinski definition) is 10. The van der Waals surface area contributed by atoms with Gasteiger partial charge in [-0.1, -0.05) is 48.8 Å². The van der Waals surface area contributed by atoms with E-state index in [9.17, 15) is 15.0 Å². The summed E-state index contributed by atoms with van der Waals surface area (Å²) in [6.45, 7) is 9.95. The molecule has 4 fully saturated rings. The fourth-order valence-corrected chi connectivity index (χ4v) is 8.44. The molecule has 0 bridgehead atoms. The molecular formula is C48H54N8O5. The summed E-state index contributed by atoms with van der Waals surface area (Å²) in [5.41, 5.74) is 5.45. The number of aliphatic hydroxyl groups is 2. The lowest BCUT2D eigenvalue weighted by Crippen LogP contribution is -2.28. The molecule has 13 heteroatoms. The van der Waals surface area contributed by atoms with Crippen molar-refractivity contribution >= 4 is 5.91 Å². The summed E-state index contributed by atoms with van der Waals surface area (Å²) in [6, 6.07) is 19.9. The number of rotatable bonds is 8. The van der Waals surface area contributed by atoms with Gasteiger partial charge in [0.05, 0.1) is 13.1 Å². The molecule has 316 valence electrons. The number of nitrogens with zero attached hydrogens (tertiary/aromatic N) is 7. The molecule has 10 rings (SSSR count). The number of amides is 1. The van der Waals surface area contributed by atoms with Crippen molar-refractivity contribution in [3.05, 3.63) is 120 Å². The highest BCUT2D eigenvalue weighted by atomic mass is 16.5. The maximum atomic E-state index is 11.4. The van der Waals surface area contributed by atoms with Gasteiger partial charge >= 0.3 is 0 Å². The second-order valence-electron chi connectivity index (χ2n) is 16.0. The average Bonchev–Trinajstić information content (AvgIpc) is 3.89. The number of fused-ring (bicyclic) bond motifs is 2. The smallest absolute Gasteiger partial charge is 0.219 e. The first-order valence-electron chi connectivity index (χ1n) is 20.2. The van der Waals surface area contributed by atoms with Crippen LogP contribution in [0.25, 0.3) is 22.6 Å². The normalized spacial score (nSPS) is 22.3. The Hall–Kier alpha value is -6.25. The van der Waals surface area contributed by atoms with Crippen LogP contribution in [0.3, 0.4) is 0 Å². The van der Waals surface area contributed by atoms with E-state index in [2.05, 4.69) is 49.3 Å². The van der Waals surface area contributed by atoms with Crippen LogP contribution < -0.4 is 5.32 Å². The van der Waals surface area contributed by atoms with Gasteiger partial charge in [0.2, 0.25) is 5.91 Å². The topological polar surface area (TPSA) is 160 Å². The third-order valence-electron chi connectivity index (χ3n) is 11.9. The van der Waals surface area contributed by atoms with Crippen molar-refractivity contribution in [1.29, 1.82) is 0 Å². The molecule has 2 aromatic carbocycles. The summed E-state index contributed by atoms with van der Waals surface area (Å²) >= 11 is 0. The molecule has 2 aliphatic heterocycles. The summed E-state index contributed by atoms with van der Waals surface area (Å²) in [5, 5.41) is 31.3. The van der Waals surface area contributed by atoms with E-state index >= 15 is 0 Å². The Morgan fingerprint density at radius 2 is 1.15 bits per heavy atom. The lowest BCUT2D eigenvalue weighted by Gasteiger charge is -2.15. The molecule has 4 aromatic heterocycles. The second-order valence-corrected chi connectivity index (χ2v) is 16.0. The van der Waals surface area contributed by atoms with Gasteiger partial charge in [0.15, 0.2) is 11.5 Å². The number of aromatic nitrogens is 6. The van der Waals surface area contributed by atoms with E-state index in [0.29, 0.717) is 54.2 Å². The van der Waals surface area contributed by atoms with Crippen molar-refractivity contribution in [2.75, 3.05) is 26.2 Å². The third kappa shape index (κ3) is 9.40. The van der Waals surface area contributed by atoms with Gasteiger partial charge in [0.25, 0.3) is 0 Å². The number of hydrogen-bond donors (Lipinski definition) is 3. The van der Waals surface area contributed by atoms with Crippen molar-refractivity contribution in [3.8, 4) is 46.3 Å². The van der Waals surface area contributed by atoms with Crippen LogP contribution in [-0.4, -0.2) is 76.6 Å². The number of carbonyl (C=O) groups excluding carboxylic acids is 1. The Morgan fingerprint density at radius 1 is 0.721 bits per heavy atom. The number of nitrogens with one attached hydrogen (secondary N) is 1. The van der Waals surface area contributed by atoms with Gasteiger partial charge in [-0.3, -0.25) is 4.79 Å². The largest absolute Gasteiger partial charge is 0.385 e. The third-order valence-corrected chi connectivity index (χ3v) is 11.9. The molecule has 1 amide bonds. The standard InChI is InChI=1S/C24H24N4O3.C22H22N4O2.2CH4/c1-15(29)24-25-9-10-27(24)12-19-11-23(31-26-19)18-6-3-17(4-7-18)5-8-20-21-13-28(16(2)30)14-22(20)21;1-14(27)22-24-8-9-26(22)13-17-10-21(28-25-17)16-5-2-15(3-6-16)4-7-18-19-11-23-12-20(18)19;;/h3-4,6-7,9-11,15,20-22,29H,12-14H2,1-2H3;2-3,5-6,8-10,14,18-20,23,27H,11-13H2,1H3;2*1H4/t15-,20?,21-,22+;14-,18?,19-,20+;;/m00../s1. The molecule has 3 N–H and O–H groups in total. The molecule has 6 aromatic rings. The van der Waals surface area contributed by atoms with Gasteiger partial charge in [-0.05, 0) is 99.1 Å². The first-order valence-corrected chi connectivity index (χ1v) is 20.2. The van der Waals surface area contributed by atoms with Crippen LogP contribution in [0.15, 0.2) is 94.5 Å². The lowest BCUT2D eigenvalue weighted by atomic mass is 10.1. The quantitative estimate of drug-likeness (QED) is 0.146. The predicted molar refractivity (Wildman–Crippen MR) is 231 cm³/mol. The van der Waals surface area contributed by atoms with E-state index in [0.717, 1.165) is 77.4 Å².